The van der Waals surface area contributed by atoms with E-state index in [1.165, 1.54) is 5.56 Å². The van der Waals surface area contributed by atoms with E-state index >= 15 is 0 Å². The maximum atomic E-state index is 5.57. The van der Waals surface area contributed by atoms with Crippen LogP contribution in [0.25, 0.3) is 0 Å². The van der Waals surface area contributed by atoms with Gasteiger partial charge in [-0.25, -0.2) is 4.98 Å². The standard InChI is InChI=1S/C23H29N5O2.HI/c1-4-30-20-11-10-19(16-21(20)29-3)27-23(24-2)26-17-22-25-13-15-28(22)14-12-18-8-6-5-7-9-18;/h5-11,13,15-16H,4,12,14,17H2,1-3H3,(H2,24,26,27);1H. The molecule has 0 atom stereocenters. The molecule has 0 saturated heterocycles. The third-order valence-electron chi connectivity index (χ3n) is 4.65. The van der Waals surface area contributed by atoms with Crippen molar-refractivity contribution in [2.24, 2.45) is 4.99 Å². The zero-order valence-electron chi connectivity index (χ0n) is 18.2. The summed E-state index contributed by atoms with van der Waals surface area (Å²) in [6.45, 7) is 3.98. The van der Waals surface area contributed by atoms with E-state index in [9.17, 15) is 0 Å². The summed E-state index contributed by atoms with van der Waals surface area (Å²) in [5.74, 6) is 3.00. The van der Waals surface area contributed by atoms with Gasteiger partial charge in [0, 0.05) is 37.7 Å². The van der Waals surface area contributed by atoms with Crippen LogP contribution < -0.4 is 20.1 Å². The SMILES string of the molecule is CCOc1ccc(NC(=NC)NCc2nccn2CCc2ccccc2)cc1OC.I. The molecule has 3 rings (SSSR count). The summed E-state index contributed by atoms with van der Waals surface area (Å²) in [5.41, 5.74) is 2.17. The molecular weight excluding hydrogens is 505 g/mol. The highest BCUT2D eigenvalue weighted by atomic mass is 127. The number of methoxy groups -OCH3 is 1. The average Bonchev–Trinajstić information content (AvgIpc) is 3.24. The molecule has 0 aliphatic carbocycles. The predicted octanol–water partition coefficient (Wildman–Crippen LogP) is 4.34. The average molecular weight is 535 g/mol. The zero-order chi connectivity index (χ0) is 21.2. The maximum Gasteiger partial charge on any atom is 0.195 e. The molecular formula is C23H30IN5O2. The monoisotopic (exact) mass is 535 g/mol. The van der Waals surface area contributed by atoms with E-state index in [4.69, 9.17) is 9.47 Å². The first-order chi connectivity index (χ1) is 14.7. The zero-order valence-corrected chi connectivity index (χ0v) is 20.5. The summed E-state index contributed by atoms with van der Waals surface area (Å²) in [6, 6.07) is 16.2. The molecule has 0 bridgehead atoms. The Morgan fingerprint density at radius 1 is 1.13 bits per heavy atom. The quantitative estimate of drug-likeness (QED) is 0.243. The summed E-state index contributed by atoms with van der Waals surface area (Å²) in [7, 11) is 3.37. The number of aromatic nitrogens is 2. The Balaban J connectivity index is 0.00000341. The lowest BCUT2D eigenvalue weighted by atomic mass is 10.1. The summed E-state index contributed by atoms with van der Waals surface area (Å²) < 4.78 is 13.1. The molecule has 0 fully saturated rings. The van der Waals surface area contributed by atoms with E-state index in [1.54, 1.807) is 14.2 Å². The van der Waals surface area contributed by atoms with Crippen LogP contribution in [0.1, 0.15) is 18.3 Å². The van der Waals surface area contributed by atoms with E-state index in [2.05, 4.69) is 49.4 Å². The summed E-state index contributed by atoms with van der Waals surface area (Å²) in [4.78, 5) is 8.79. The van der Waals surface area contributed by atoms with Gasteiger partial charge in [-0.15, -0.1) is 24.0 Å². The minimum Gasteiger partial charge on any atom is -0.493 e. The van der Waals surface area contributed by atoms with Gasteiger partial charge in [0.15, 0.2) is 17.5 Å². The molecule has 0 aliphatic heterocycles. The van der Waals surface area contributed by atoms with E-state index in [0.717, 1.165) is 24.5 Å². The first-order valence-electron chi connectivity index (χ1n) is 10.1. The lowest BCUT2D eigenvalue weighted by Crippen LogP contribution is -2.31. The van der Waals surface area contributed by atoms with Gasteiger partial charge in [0.25, 0.3) is 0 Å². The van der Waals surface area contributed by atoms with Crippen LogP contribution in [0.5, 0.6) is 11.5 Å². The largest absolute Gasteiger partial charge is 0.493 e. The molecule has 2 aromatic carbocycles. The van der Waals surface area contributed by atoms with Crippen molar-refractivity contribution in [3.05, 3.63) is 72.3 Å². The number of rotatable bonds is 9. The van der Waals surface area contributed by atoms with Crippen molar-refractivity contribution in [2.75, 3.05) is 26.1 Å². The molecule has 0 saturated carbocycles. The smallest absolute Gasteiger partial charge is 0.195 e. The molecule has 31 heavy (non-hydrogen) atoms. The van der Waals surface area contributed by atoms with Gasteiger partial charge in [-0.3, -0.25) is 4.99 Å². The Bertz CT molecular complexity index is 960. The number of nitrogens with zero attached hydrogens (tertiary/aromatic N) is 3. The van der Waals surface area contributed by atoms with Crippen LogP contribution in [-0.2, 0) is 19.5 Å². The van der Waals surface area contributed by atoms with Crippen LogP contribution >= 0.6 is 24.0 Å². The maximum absolute atomic E-state index is 5.57. The fourth-order valence-corrected chi connectivity index (χ4v) is 3.10. The number of imidazole rings is 1. The highest BCUT2D eigenvalue weighted by molar-refractivity contribution is 14.0. The first kappa shape index (κ1) is 24.5. The molecule has 8 heteroatoms. The van der Waals surface area contributed by atoms with Crippen molar-refractivity contribution in [2.45, 2.75) is 26.4 Å². The van der Waals surface area contributed by atoms with Crippen LogP contribution in [0.3, 0.4) is 0 Å². The van der Waals surface area contributed by atoms with Gasteiger partial charge in [0.1, 0.15) is 5.82 Å². The number of anilines is 1. The van der Waals surface area contributed by atoms with Gasteiger partial charge in [-0.05, 0) is 31.0 Å². The number of aliphatic imine (C=N–C) groups is 1. The number of halogens is 1. The van der Waals surface area contributed by atoms with Crippen LogP contribution in [0.15, 0.2) is 65.9 Å². The molecule has 0 spiro atoms. The Hall–Kier alpha value is -2.75. The number of nitrogens with one attached hydrogen (secondary N) is 2. The Morgan fingerprint density at radius 2 is 1.94 bits per heavy atom. The fourth-order valence-electron chi connectivity index (χ4n) is 3.10. The topological polar surface area (TPSA) is 72.7 Å². The third kappa shape index (κ3) is 7.16. The molecule has 2 N–H and O–H groups in total. The van der Waals surface area contributed by atoms with E-state index in [0.29, 0.717) is 30.6 Å². The lowest BCUT2D eigenvalue weighted by molar-refractivity contribution is 0.311. The molecule has 1 aromatic heterocycles. The van der Waals surface area contributed by atoms with Gasteiger partial charge in [0.2, 0.25) is 0 Å². The second-order valence-electron chi connectivity index (χ2n) is 6.62. The molecule has 7 nitrogen and oxygen atoms in total. The van der Waals surface area contributed by atoms with Crippen LogP contribution in [0.4, 0.5) is 5.69 Å². The molecule has 0 unspecified atom stereocenters. The molecule has 1 heterocycles. The Morgan fingerprint density at radius 3 is 2.65 bits per heavy atom. The third-order valence-corrected chi connectivity index (χ3v) is 4.65. The Labute approximate surface area is 200 Å². The summed E-state index contributed by atoms with van der Waals surface area (Å²) >= 11 is 0. The minimum atomic E-state index is 0. The number of hydrogen-bond donors (Lipinski definition) is 2. The molecule has 0 aliphatic rings. The molecule has 166 valence electrons. The van der Waals surface area contributed by atoms with Crippen LogP contribution in [0.2, 0.25) is 0 Å². The van der Waals surface area contributed by atoms with E-state index in [-0.39, 0.29) is 24.0 Å². The van der Waals surface area contributed by atoms with Crippen molar-refractivity contribution in [1.82, 2.24) is 14.9 Å². The van der Waals surface area contributed by atoms with E-state index < -0.39 is 0 Å². The second kappa shape index (κ2) is 12.8. The van der Waals surface area contributed by atoms with Crippen molar-refractivity contribution >= 4 is 35.6 Å². The van der Waals surface area contributed by atoms with Gasteiger partial charge < -0.3 is 24.7 Å². The highest BCUT2D eigenvalue weighted by Gasteiger charge is 2.08. The first-order valence-corrected chi connectivity index (χ1v) is 10.1. The number of aryl methyl sites for hydroxylation is 2. The second-order valence-corrected chi connectivity index (χ2v) is 6.62. The number of hydrogen-bond acceptors (Lipinski definition) is 4. The van der Waals surface area contributed by atoms with Gasteiger partial charge >= 0.3 is 0 Å². The van der Waals surface area contributed by atoms with Crippen molar-refractivity contribution < 1.29 is 9.47 Å². The predicted molar refractivity (Wildman–Crippen MR) is 136 cm³/mol. The van der Waals surface area contributed by atoms with Gasteiger partial charge in [0.05, 0.1) is 20.3 Å². The number of benzene rings is 2. The van der Waals surface area contributed by atoms with Gasteiger partial charge in [-0.1, -0.05) is 30.3 Å². The number of guanidine groups is 1. The minimum absolute atomic E-state index is 0. The summed E-state index contributed by atoms with van der Waals surface area (Å²) in [5, 5.41) is 6.60. The highest BCUT2D eigenvalue weighted by Crippen LogP contribution is 2.30. The molecule has 3 aromatic rings. The normalized spacial score (nSPS) is 10.9. The van der Waals surface area contributed by atoms with E-state index in [1.807, 2.05) is 43.6 Å². The van der Waals surface area contributed by atoms with Gasteiger partial charge in [-0.2, -0.15) is 0 Å². The van der Waals surface area contributed by atoms with Crippen molar-refractivity contribution in [3.63, 3.8) is 0 Å². The van der Waals surface area contributed by atoms with Crippen LogP contribution in [-0.4, -0.2) is 36.3 Å². The molecule has 0 radical (unpaired) electrons. The van der Waals surface area contributed by atoms with Crippen molar-refractivity contribution in [3.8, 4) is 11.5 Å². The lowest BCUT2D eigenvalue weighted by Gasteiger charge is -2.15. The van der Waals surface area contributed by atoms with Crippen LogP contribution in [0, 0.1) is 0 Å². The fraction of sp³-hybridized carbons (Fsp3) is 0.304. The summed E-state index contributed by atoms with van der Waals surface area (Å²) in [6.07, 6.45) is 4.80. The molecule has 0 amide bonds. The Kier molecular flexibility index (Phi) is 10.2. The number of ether oxygens (including phenoxy) is 2. The van der Waals surface area contributed by atoms with Crippen molar-refractivity contribution in [1.29, 1.82) is 0 Å².